The van der Waals surface area contributed by atoms with Gasteiger partial charge < -0.3 is 9.88 Å². The van der Waals surface area contributed by atoms with Crippen LogP contribution in [0.4, 0.5) is 11.4 Å². The molecule has 2 heteroatoms. The summed E-state index contributed by atoms with van der Waals surface area (Å²) in [6.45, 7) is 0. The maximum Gasteiger partial charge on any atom is 0.0782 e. The zero-order valence-corrected chi connectivity index (χ0v) is 25.2. The van der Waals surface area contributed by atoms with Crippen molar-refractivity contribution in [3.05, 3.63) is 176 Å². The Labute approximate surface area is 267 Å². The fourth-order valence-electron chi connectivity index (χ4n) is 7.21. The van der Waals surface area contributed by atoms with Gasteiger partial charge in [0.1, 0.15) is 0 Å². The van der Waals surface area contributed by atoms with Crippen LogP contribution in [0.1, 0.15) is 0 Å². The van der Waals surface area contributed by atoms with Gasteiger partial charge >= 0.3 is 0 Å². The molecular formula is C44H30N2. The number of fused-ring (bicyclic) bond motifs is 5. The lowest BCUT2D eigenvalue weighted by Crippen LogP contribution is -2.00. The van der Waals surface area contributed by atoms with Gasteiger partial charge in [0.15, 0.2) is 0 Å². The van der Waals surface area contributed by atoms with Gasteiger partial charge in [-0.15, -0.1) is 0 Å². The van der Waals surface area contributed by atoms with E-state index in [2.05, 4.69) is 186 Å². The highest BCUT2D eigenvalue weighted by Crippen LogP contribution is 2.46. The molecule has 0 aliphatic carbocycles. The first kappa shape index (κ1) is 26.3. The Morgan fingerprint density at radius 2 is 0.891 bits per heavy atom. The second kappa shape index (κ2) is 10.8. The minimum absolute atomic E-state index is 1.07. The summed E-state index contributed by atoms with van der Waals surface area (Å²) in [6.07, 6.45) is 0. The van der Waals surface area contributed by atoms with E-state index in [1.807, 2.05) is 0 Å². The Morgan fingerprint density at radius 1 is 0.391 bits per heavy atom. The summed E-state index contributed by atoms with van der Waals surface area (Å²) >= 11 is 0. The topological polar surface area (TPSA) is 17.0 Å². The minimum atomic E-state index is 1.07. The lowest BCUT2D eigenvalue weighted by atomic mass is 9.90. The molecule has 0 spiro atoms. The molecule has 0 unspecified atom stereocenters. The van der Waals surface area contributed by atoms with E-state index in [-0.39, 0.29) is 0 Å². The highest BCUT2D eigenvalue weighted by Gasteiger charge is 2.21. The molecule has 2 nitrogen and oxygen atoms in total. The van der Waals surface area contributed by atoms with Gasteiger partial charge in [0.05, 0.1) is 22.4 Å². The molecule has 0 fully saturated rings. The summed E-state index contributed by atoms with van der Waals surface area (Å²) in [5, 5.41) is 11.4. The molecule has 1 N–H and O–H groups in total. The Hall–Kier alpha value is -6.12. The average Bonchev–Trinajstić information content (AvgIpc) is 3.48. The fourth-order valence-corrected chi connectivity index (χ4v) is 7.21. The summed E-state index contributed by atoms with van der Waals surface area (Å²) in [5.41, 5.74) is 10.6. The van der Waals surface area contributed by atoms with Crippen LogP contribution >= 0.6 is 0 Å². The predicted molar refractivity (Wildman–Crippen MR) is 196 cm³/mol. The van der Waals surface area contributed by atoms with Crippen LogP contribution < -0.4 is 5.32 Å². The van der Waals surface area contributed by atoms with Gasteiger partial charge in [-0.05, 0) is 57.3 Å². The Balaban J connectivity index is 1.39. The van der Waals surface area contributed by atoms with E-state index in [1.54, 1.807) is 0 Å². The van der Waals surface area contributed by atoms with Gasteiger partial charge in [0, 0.05) is 27.2 Å². The van der Waals surface area contributed by atoms with E-state index >= 15 is 0 Å². The van der Waals surface area contributed by atoms with Gasteiger partial charge in [-0.2, -0.15) is 0 Å². The average molecular weight is 587 g/mol. The van der Waals surface area contributed by atoms with Gasteiger partial charge in [0.25, 0.3) is 0 Å². The van der Waals surface area contributed by atoms with Crippen molar-refractivity contribution < 1.29 is 0 Å². The first-order chi connectivity index (χ1) is 22.9. The second-order valence-corrected chi connectivity index (χ2v) is 11.8. The van der Waals surface area contributed by atoms with E-state index in [9.17, 15) is 0 Å². The number of hydrogen-bond donors (Lipinski definition) is 1. The first-order valence-electron chi connectivity index (χ1n) is 15.8. The molecule has 0 aliphatic heterocycles. The number of nitrogens with zero attached hydrogens (tertiary/aromatic N) is 1. The summed E-state index contributed by atoms with van der Waals surface area (Å²) in [5.74, 6) is 0. The third-order valence-electron chi connectivity index (χ3n) is 9.17. The smallest absolute Gasteiger partial charge is 0.0782 e. The Kier molecular flexibility index (Phi) is 6.17. The van der Waals surface area contributed by atoms with Crippen molar-refractivity contribution in [1.82, 2.24) is 4.57 Å². The first-order valence-corrected chi connectivity index (χ1v) is 15.8. The molecule has 46 heavy (non-hydrogen) atoms. The van der Waals surface area contributed by atoms with Crippen LogP contribution in [0.5, 0.6) is 0 Å². The Morgan fingerprint density at radius 3 is 1.52 bits per heavy atom. The normalized spacial score (nSPS) is 11.5. The zero-order valence-electron chi connectivity index (χ0n) is 25.2. The number of para-hydroxylation sites is 2. The third-order valence-corrected chi connectivity index (χ3v) is 9.17. The van der Waals surface area contributed by atoms with Gasteiger partial charge in [-0.25, -0.2) is 0 Å². The van der Waals surface area contributed by atoms with Crippen molar-refractivity contribution in [3.63, 3.8) is 0 Å². The van der Waals surface area contributed by atoms with Crippen molar-refractivity contribution >= 4 is 54.7 Å². The number of hydrogen-bond acceptors (Lipinski definition) is 1. The molecule has 1 heterocycles. The lowest BCUT2D eigenvalue weighted by molar-refractivity contribution is 1.18. The van der Waals surface area contributed by atoms with E-state index in [4.69, 9.17) is 0 Å². The van der Waals surface area contributed by atoms with Crippen molar-refractivity contribution in [1.29, 1.82) is 0 Å². The molecule has 0 amide bonds. The number of rotatable bonds is 5. The molecule has 9 aromatic rings. The van der Waals surface area contributed by atoms with Crippen molar-refractivity contribution in [2.75, 3.05) is 5.32 Å². The van der Waals surface area contributed by atoms with E-state index in [0.29, 0.717) is 0 Å². The molecule has 0 radical (unpaired) electrons. The highest BCUT2D eigenvalue weighted by atomic mass is 15.0. The molecule has 1 aromatic heterocycles. The van der Waals surface area contributed by atoms with Crippen LogP contribution in [0.25, 0.3) is 71.3 Å². The third kappa shape index (κ3) is 4.12. The number of anilines is 2. The molecule has 0 bridgehead atoms. The standard InChI is InChI=1S/C44H30N2/c1-4-16-30(17-5-1)33-28-29-39(44-42(33)38-26-14-15-27-40(38)46(44)32-20-8-3-9-21-32)45-43-36-24-12-10-22-34(36)41(31-18-6-2-7-19-31)35-23-11-13-25-37(35)43/h1-29,45H. The summed E-state index contributed by atoms with van der Waals surface area (Å²) in [4.78, 5) is 0. The van der Waals surface area contributed by atoms with Crippen LogP contribution in [-0.2, 0) is 0 Å². The van der Waals surface area contributed by atoms with Crippen LogP contribution in [-0.4, -0.2) is 4.57 Å². The maximum absolute atomic E-state index is 4.04. The number of aromatic nitrogens is 1. The summed E-state index contributed by atoms with van der Waals surface area (Å²) < 4.78 is 2.42. The highest BCUT2D eigenvalue weighted by molar-refractivity contribution is 6.23. The van der Waals surface area contributed by atoms with Gasteiger partial charge in [0.2, 0.25) is 0 Å². The SMILES string of the molecule is c1ccc(-c2c3ccccc3c(Nc3ccc(-c4ccccc4)c4c5ccccc5n(-c5ccccc5)c34)c3ccccc23)cc1. The fraction of sp³-hybridized carbons (Fsp3) is 0. The van der Waals surface area contributed by atoms with Crippen LogP contribution in [0.15, 0.2) is 176 Å². The number of nitrogens with one attached hydrogen (secondary N) is 1. The number of benzene rings is 8. The summed E-state index contributed by atoms with van der Waals surface area (Å²) in [6, 6.07) is 63.1. The molecule has 0 saturated carbocycles. The molecular weight excluding hydrogens is 556 g/mol. The second-order valence-electron chi connectivity index (χ2n) is 11.8. The van der Waals surface area contributed by atoms with Crippen LogP contribution in [0, 0.1) is 0 Å². The molecule has 216 valence electrons. The lowest BCUT2D eigenvalue weighted by Gasteiger charge is -2.20. The maximum atomic E-state index is 4.04. The molecule has 9 rings (SSSR count). The van der Waals surface area contributed by atoms with Crippen molar-refractivity contribution in [2.45, 2.75) is 0 Å². The van der Waals surface area contributed by atoms with Crippen molar-refractivity contribution in [3.8, 4) is 27.9 Å². The van der Waals surface area contributed by atoms with Crippen LogP contribution in [0.2, 0.25) is 0 Å². The zero-order chi connectivity index (χ0) is 30.5. The quantitative estimate of drug-likeness (QED) is 0.199. The minimum Gasteiger partial charge on any atom is -0.353 e. The Bertz CT molecular complexity index is 2470. The molecule has 0 aliphatic rings. The monoisotopic (exact) mass is 586 g/mol. The molecule has 8 aromatic carbocycles. The van der Waals surface area contributed by atoms with Crippen molar-refractivity contribution in [2.24, 2.45) is 0 Å². The van der Waals surface area contributed by atoms with Gasteiger partial charge in [-0.1, -0.05) is 152 Å². The van der Waals surface area contributed by atoms with E-state index in [1.165, 1.54) is 60.1 Å². The summed E-state index contributed by atoms with van der Waals surface area (Å²) in [7, 11) is 0. The van der Waals surface area contributed by atoms with Gasteiger partial charge in [-0.3, -0.25) is 0 Å². The molecule has 0 atom stereocenters. The van der Waals surface area contributed by atoms with Crippen LogP contribution in [0.3, 0.4) is 0 Å². The van der Waals surface area contributed by atoms with E-state index < -0.39 is 0 Å². The molecule has 0 saturated heterocycles. The largest absolute Gasteiger partial charge is 0.353 e. The predicted octanol–water partition coefficient (Wildman–Crippen LogP) is 12.2. The van der Waals surface area contributed by atoms with E-state index in [0.717, 1.165) is 22.6 Å².